The van der Waals surface area contributed by atoms with Gasteiger partial charge in [-0.2, -0.15) is 0 Å². The molecule has 20 heavy (non-hydrogen) atoms. The Morgan fingerprint density at radius 1 is 0.900 bits per heavy atom. The molecule has 106 valence electrons. The number of halogens is 1. The summed E-state index contributed by atoms with van der Waals surface area (Å²) in [7, 11) is 3.17. The Balaban J connectivity index is 2.12. The molecule has 3 nitrogen and oxygen atoms in total. The van der Waals surface area contributed by atoms with Gasteiger partial charge in [0, 0.05) is 6.07 Å². The molecule has 0 aromatic heterocycles. The first-order valence-corrected chi connectivity index (χ1v) is 6.24. The fourth-order valence-corrected chi connectivity index (χ4v) is 1.86. The van der Waals surface area contributed by atoms with Crippen molar-refractivity contribution in [2.75, 3.05) is 14.2 Å². The van der Waals surface area contributed by atoms with Crippen molar-refractivity contribution in [3.05, 3.63) is 53.3 Å². The number of methoxy groups -OCH3 is 2. The minimum Gasteiger partial charge on any atom is -0.493 e. The van der Waals surface area contributed by atoms with Crippen LogP contribution in [0.1, 0.15) is 11.1 Å². The van der Waals surface area contributed by atoms with E-state index in [-0.39, 0.29) is 5.82 Å². The van der Waals surface area contributed by atoms with Gasteiger partial charge in [-0.1, -0.05) is 12.1 Å². The second kappa shape index (κ2) is 6.28. The Morgan fingerprint density at radius 3 is 2.35 bits per heavy atom. The maximum absolute atomic E-state index is 13.2. The highest BCUT2D eigenvalue weighted by Crippen LogP contribution is 2.28. The maximum atomic E-state index is 13.2. The van der Waals surface area contributed by atoms with Crippen molar-refractivity contribution in [3.8, 4) is 17.2 Å². The molecule has 0 radical (unpaired) electrons. The maximum Gasteiger partial charge on any atom is 0.161 e. The van der Waals surface area contributed by atoms with E-state index in [2.05, 4.69) is 0 Å². The summed E-state index contributed by atoms with van der Waals surface area (Å²) in [6.07, 6.45) is 0. The molecule has 0 aliphatic rings. The third kappa shape index (κ3) is 3.20. The quantitative estimate of drug-likeness (QED) is 0.832. The summed E-state index contributed by atoms with van der Waals surface area (Å²) in [4.78, 5) is 0. The molecule has 0 amide bonds. The molecular formula is C16H17FO3. The van der Waals surface area contributed by atoms with Crippen LogP contribution in [0.2, 0.25) is 0 Å². The Kier molecular flexibility index (Phi) is 4.45. The van der Waals surface area contributed by atoms with Crippen LogP contribution in [-0.2, 0) is 6.61 Å². The zero-order valence-electron chi connectivity index (χ0n) is 11.8. The normalized spacial score (nSPS) is 10.2. The van der Waals surface area contributed by atoms with Crippen LogP contribution in [0.5, 0.6) is 17.2 Å². The number of ether oxygens (including phenoxy) is 3. The van der Waals surface area contributed by atoms with Gasteiger partial charge in [-0.25, -0.2) is 4.39 Å². The molecule has 0 heterocycles. The lowest BCUT2D eigenvalue weighted by Crippen LogP contribution is -1.99. The van der Waals surface area contributed by atoms with Crippen LogP contribution >= 0.6 is 0 Å². The monoisotopic (exact) mass is 276 g/mol. The third-order valence-corrected chi connectivity index (χ3v) is 2.99. The lowest BCUT2D eigenvalue weighted by Gasteiger charge is -2.12. The zero-order valence-corrected chi connectivity index (χ0v) is 11.8. The molecule has 0 atom stereocenters. The molecule has 0 saturated heterocycles. The van der Waals surface area contributed by atoms with Gasteiger partial charge < -0.3 is 14.2 Å². The predicted molar refractivity (Wildman–Crippen MR) is 75.0 cm³/mol. The SMILES string of the molecule is COc1ccc(COc2cc(F)ccc2C)cc1OC. The number of hydrogen-bond acceptors (Lipinski definition) is 3. The lowest BCUT2D eigenvalue weighted by molar-refractivity contribution is 0.300. The summed E-state index contributed by atoms with van der Waals surface area (Å²) in [6.45, 7) is 2.22. The topological polar surface area (TPSA) is 27.7 Å². The van der Waals surface area contributed by atoms with E-state index in [4.69, 9.17) is 14.2 Å². The van der Waals surface area contributed by atoms with E-state index in [1.165, 1.54) is 12.1 Å². The van der Waals surface area contributed by atoms with E-state index >= 15 is 0 Å². The first-order chi connectivity index (χ1) is 9.63. The van der Waals surface area contributed by atoms with Crippen LogP contribution < -0.4 is 14.2 Å². The minimum atomic E-state index is -0.307. The van der Waals surface area contributed by atoms with Crippen molar-refractivity contribution in [2.24, 2.45) is 0 Å². The second-order valence-corrected chi connectivity index (χ2v) is 4.39. The van der Waals surface area contributed by atoms with E-state index in [0.29, 0.717) is 23.9 Å². The van der Waals surface area contributed by atoms with Crippen molar-refractivity contribution in [3.63, 3.8) is 0 Å². The van der Waals surface area contributed by atoms with Gasteiger partial charge >= 0.3 is 0 Å². The molecule has 0 spiro atoms. The largest absolute Gasteiger partial charge is 0.493 e. The van der Waals surface area contributed by atoms with E-state index in [1.54, 1.807) is 20.3 Å². The summed E-state index contributed by atoms with van der Waals surface area (Å²) in [6, 6.07) is 10.0. The molecule has 0 fully saturated rings. The summed E-state index contributed by atoms with van der Waals surface area (Å²) in [5.41, 5.74) is 1.82. The van der Waals surface area contributed by atoms with E-state index in [1.807, 2.05) is 25.1 Å². The van der Waals surface area contributed by atoms with Crippen LogP contribution in [0.15, 0.2) is 36.4 Å². The van der Waals surface area contributed by atoms with Gasteiger partial charge in [-0.15, -0.1) is 0 Å². The van der Waals surface area contributed by atoms with E-state index in [0.717, 1.165) is 11.1 Å². The number of aryl methyl sites for hydroxylation is 1. The van der Waals surface area contributed by atoms with Gasteiger partial charge in [0.2, 0.25) is 0 Å². The van der Waals surface area contributed by atoms with Crippen molar-refractivity contribution in [1.82, 2.24) is 0 Å². The summed E-state index contributed by atoms with van der Waals surface area (Å²) >= 11 is 0. The van der Waals surface area contributed by atoms with Crippen LogP contribution in [0.25, 0.3) is 0 Å². The lowest BCUT2D eigenvalue weighted by atomic mass is 10.2. The Labute approximate surface area is 117 Å². The van der Waals surface area contributed by atoms with Gasteiger partial charge in [-0.3, -0.25) is 0 Å². The Hall–Kier alpha value is -2.23. The van der Waals surface area contributed by atoms with Crippen molar-refractivity contribution in [2.45, 2.75) is 13.5 Å². The fourth-order valence-electron chi connectivity index (χ4n) is 1.86. The number of hydrogen-bond donors (Lipinski definition) is 0. The standard InChI is InChI=1S/C16H17FO3/c1-11-4-6-13(17)9-15(11)20-10-12-5-7-14(18-2)16(8-12)19-3/h4-9H,10H2,1-3H3. The van der Waals surface area contributed by atoms with E-state index in [9.17, 15) is 4.39 Å². The van der Waals surface area contributed by atoms with Gasteiger partial charge in [0.15, 0.2) is 11.5 Å². The number of rotatable bonds is 5. The summed E-state index contributed by atoms with van der Waals surface area (Å²) in [5, 5.41) is 0. The highest BCUT2D eigenvalue weighted by molar-refractivity contribution is 5.43. The van der Waals surface area contributed by atoms with Crippen LogP contribution in [-0.4, -0.2) is 14.2 Å². The molecule has 2 aromatic carbocycles. The molecule has 2 rings (SSSR count). The van der Waals surface area contributed by atoms with Gasteiger partial charge in [0.25, 0.3) is 0 Å². The molecule has 2 aromatic rings. The molecular weight excluding hydrogens is 259 g/mol. The highest BCUT2D eigenvalue weighted by atomic mass is 19.1. The zero-order chi connectivity index (χ0) is 14.5. The first kappa shape index (κ1) is 14.2. The first-order valence-electron chi connectivity index (χ1n) is 6.24. The fraction of sp³-hybridized carbons (Fsp3) is 0.250. The molecule has 0 N–H and O–H groups in total. The predicted octanol–water partition coefficient (Wildman–Crippen LogP) is 3.73. The van der Waals surface area contributed by atoms with Crippen LogP contribution in [0, 0.1) is 12.7 Å². The Morgan fingerprint density at radius 2 is 1.65 bits per heavy atom. The average Bonchev–Trinajstić information content (AvgIpc) is 2.47. The highest BCUT2D eigenvalue weighted by Gasteiger charge is 2.06. The molecule has 0 saturated carbocycles. The van der Waals surface area contributed by atoms with Gasteiger partial charge in [0.1, 0.15) is 18.2 Å². The minimum absolute atomic E-state index is 0.307. The molecule has 4 heteroatoms. The molecule has 0 aliphatic carbocycles. The number of benzene rings is 2. The molecule has 0 bridgehead atoms. The third-order valence-electron chi connectivity index (χ3n) is 2.99. The van der Waals surface area contributed by atoms with Crippen molar-refractivity contribution < 1.29 is 18.6 Å². The second-order valence-electron chi connectivity index (χ2n) is 4.39. The van der Waals surface area contributed by atoms with Gasteiger partial charge in [-0.05, 0) is 36.2 Å². The summed E-state index contributed by atoms with van der Waals surface area (Å²) in [5.74, 6) is 1.54. The van der Waals surface area contributed by atoms with Crippen molar-refractivity contribution in [1.29, 1.82) is 0 Å². The van der Waals surface area contributed by atoms with Crippen LogP contribution in [0.4, 0.5) is 4.39 Å². The van der Waals surface area contributed by atoms with E-state index < -0.39 is 0 Å². The summed E-state index contributed by atoms with van der Waals surface area (Å²) < 4.78 is 29.2. The smallest absolute Gasteiger partial charge is 0.161 e. The van der Waals surface area contributed by atoms with Gasteiger partial charge in [0.05, 0.1) is 14.2 Å². The van der Waals surface area contributed by atoms with Crippen molar-refractivity contribution >= 4 is 0 Å². The Bertz CT molecular complexity index is 596. The average molecular weight is 276 g/mol. The van der Waals surface area contributed by atoms with Crippen LogP contribution in [0.3, 0.4) is 0 Å². The molecule has 0 aliphatic heterocycles. The molecule has 0 unspecified atom stereocenters.